The summed E-state index contributed by atoms with van der Waals surface area (Å²) in [6.07, 6.45) is 4.66. The maximum Gasteiger partial charge on any atom is 0.312 e. The molecule has 1 spiro atoms. The zero-order valence-electron chi connectivity index (χ0n) is 13.5. The van der Waals surface area contributed by atoms with E-state index < -0.39 is 0 Å². The van der Waals surface area contributed by atoms with Crippen molar-refractivity contribution < 1.29 is 14.3 Å². The predicted octanol–water partition coefficient (Wildman–Crippen LogP) is 3.56. The van der Waals surface area contributed by atoms with Gasteiger partial charge in [0.05, 0.1) is 19.1 Å². The van der Waals surface area contributed by atoms with Gasteiger partial charge in [-0.2, -0.15) is 0 Å². The van der Waals surface area contributed by atoms with Crippen molar-refractivity contribution in [3.8, 4) is 0 Å². The second kappa shape index (κ2) is 4.00. The Morgan fingerprint density at radius 2 is 1.90 bits per heavy atom. The van der Waals surface area contributed by atoms with Crippen LogP contribution in [0.5, 0.6) is 0 Å². The summed E-state index contributed by atoms with van der Waals surface area (Å²) < 4.78 is 11.3. The van der Waals surface area contributed by atoms with Crippen LogP contribution in [0.2, 0.25) is 0 Å². The lowest BCUT2D eigenvalue weighted by molar-refractivity contribution is -0.167. The van der Waals surface area contributed by atoms with Crippen molar-refractivity contribution in [1.82, 2.24) is 0 Å². The van der Waals surface area contributed by atoms with Gasteiger partial charge in [0, 0.05) is 0 Å². The van der Waals surface area contributed by atoms with Crippen molar-refractivity contribution in [2.45, 2.75) is 65.9 Å². The van der Waals surface area contributed by atoms with E-state index in [1.165, 1.54) is 19.3 Å². The number of carbonyl (C=O) groups is 1. The molecule has 114 valence electrons. The summed E-state index contributed by atoms with van der Waals surface area (Å²) in [5.41, 5.74) is 0.0634. The molecular formula is C17H28O3. The van der Waals surface area contributed by atoms with Crippen LogP contribution in [0.1, 0.15) is 60.3 Å². The maximum atomic E-state index is 12.7. The topological polar surface area (TPSA) is 38.8 Å². The Morgan fingerprint density at radius 3 is 2.45 bits per heavy atom. The lowest BCUT2D eigenvalue weighted by atomic mass is 9.46. The van der Waals surface area contributed by atoms with Crippen LogP contribution in [0.15, 0.2) is 0 Å². The van der Waals surface area contributed by atoms with E-state index in [0.717, 1.165) is 13.0 Å². The number of ether oxygens (including phenoxy) is 2. The third-order valence-electron chi connectivity index (χ3n) is 7.02. The van der Waals surface area contributed by atoms with Crippen LogP contribution in [0, 0.1) is 22.2 Å². The summed E-state index contributed by atoms with van der Waals surface area (Å²) >= 11 is 0. The van der Waals surface area contributed by atoms with Crippen molar-refractivity contribution in [2.24, 2.45) is 22.2 Å². The minimum Gasteiger partial charge on any atom is -0.466 e. The van der Waals surface area contributed by atoms with Gasteiger partial charge in [-0.1, -0.05) is 34.1 Å². The van der Waals surface area contributed by atoms with E-state index in [1.807, 2.05) is 6.92 Å². The lowest BCUT2D eigenvalue weighted by Gasteiger charge is -2.57. The van der Waals surface area contributed by atoms with E-state index in [9.17, 15) is 4.79 Å². The number of hydrogen-bond donors (Lipinski definition) is 0. The first-order valence-electron chi connectivity index (χ1n) is 8.03. The van der Waals surface area contributed by atoms with Gasteiger partial charge >= 0.3 is 5.97 Å². The molecule has 3 rings (SSSR count). The van der Waals surface area contributed by atoms with E-state index >= 15 is 0 Å². The van der Waals surface area contributed by atoms with E-state index in [1.54, 1.807) is 0 Å². The summed E-state index contributed by atoms with van der Waals surface area (Å²) in [7, 11) is 0. The predicted molar refractivity (Wildman–Crippen MR) is 77.3 cm³/mol. The van der Waals surface area contributed by atoms with Gasteiger partial charge in [-0.25, -0.2) is 0 Å². The highest BCUT2D eigenvalue weighted by Crippen LogP contribution is 2.75. The lowest BCUT2D eigenvalue weighted by Crippen LogP contribution is -2.54. The van der Waals surface area contributed by atoms with Gasteiger partial charge in [-0.15, -0.1) is 0 Å². The zero-order valence-corrected chi connectivity index (χ0v) is 13.5. The van der Waals surface area contributed by atoms with Crippen LogP contribution in [0.25, 0.3) is 0 Å². The molecule has 2 saturated carbocycles. The fourth-order valence-electron chi connectivity index (χ4n) is 5.59. The average molecular weight is 280 g/mol. The average Bonchev–Trinajstić information content (AvgIpc) is 3.02. The van der Waals surface area contributed by atoms with Gasteiger partial charge in [-0.05, 0) is 42.4 Å². The molecule has 1 unspecified atom stereocenters. The first-order valence-corrected chi connectivity index (χ1v) is 8.03. The third-order valence-corrected chi connectivity index (χ3v) is 7.02. The Balaban J connectivity index is 2.08. The normalized spacial score (nSPS) is 49.0. The molecule has 0 aromatic heterocycles. The highest BCUT2D eigenvalue weighted by atomic mass is 16.6. The molecule has 3 heteroatoms. The Kier molecular flexibility index (Phi) is 2.87. The van der Waals surface area contributed by atoms with E-state index in [-0.39, 0.29) is 33.7 Å². The van der Waals surface area contributed by atoms with E-state index in [4.69, 9.17) is 9.47 Å². The van der Waals surface area contributed by atoms with Crippen LogP contribution in [0.4, 0.5) is 0 Å². The molecule has 3 fully saturated rings. The number of rotatable bonds is 2. The summed E-state index contributed by atoms with van der Waals surface area (Å²) in [6.45, 7) is 12.4. The van der Waals surface area contributed by atoms with Crippen molar-refractivity contribution >= 4 is 5.97 Å². The van der Waals surface area contributed by atoms with E-state index in [0.29, 0.717) is 6.61 Å². The Hall–Kier alpha value is -0.570. The molecule has 0 aromatic carbocycles. The SMILES string of the molecule is CCOC(=O)[C@@H]1C2(CO2)C[C@@]2(C)CCCC(C)(C)[C@@]12C. The Morgan fingerprint density at radius 1 is 1.25 bits per heavy atom. The summed E-state index contributed by atoms with van der Waals surface area (Å²) in [5.74, 6) is -0.138. The quantitative estimate of drug-likeness (QED) is 0.573. The van der Waals surface area contributed by atoms with Crippen LogP contribution in [-0.2, 0) is 14.3 Å². The molecule has 1 aliphatic heterocycles. The highest BCUT2D eigenvalue weighted by molar-refractivity contribution is 5.77. The van der Waals surface area contributed by atoms with Crippen LogP contribution >= 0.6 is 0 Å². The number of epoxide rings is 1. The number of esters is 1. The van der Waals surface area contributed by atoms with Crippen molar-refractivity contribution in [2.75, 3.05) is 13.2 Å². The summed E-state index contributed by atoms with van der Waals surface area (Å²) in [6, 6.07) is 0. The molecule has 0 aromatic rings. The van der Waals surface area contributed by atoms with Gasteiger partial charge in [-0.3, -0.25) is 4.79 Å². The van der Waals surface area contributed by atoms with Crippen molar-refractivity contribution in [3.05, 3.63) is 0 Å². The highest BCUT2D eigenvalue weighted by Gasteiger charge is 2.77. The van der Waals surface area contributed by atoms with Crippen molar-refractivity contribution in [1.29, 1.82) is 0 Å². The number of hydrogen-bond acceptors (Lipinski definition) is 3. The van der Waals surface area contributed by atoms with Crippen LogP contribution < -0.4 is 0 Å². The second-order valence-electron chi connectivity index (χ2n) is 8.22. The molecule has 1 heterocycles. The molecule has 0 amide bonds. The van der Waals surface area contributed by atoms with Crippen molar-refractivity contribution in [3.63, 3.8) is 0 Å². The maximum absolute atomic E-state index is 12.7. The van der Waals surface area contributed by atoms with Gasteiger partial charge in [0.2, 0.25) is 0 Å². The minimum atomic E-state index is -0.225. The number of fused-ring (bicyclic) bond motifs is 1. The first kappa shape index (κ1) is 14.4. The molecule has 2 aliphatic carbocycles. The fourth-order valence-corrected chi connectivity index (χ4v) is 5.59. The smallest absolute Gasteiger partial charge is 0.312 e. The summed E-state index contributed by atoms with van der Waals surface area (Å²) in [5, 5.41) is 0. The largest absolute Gasteiger partial charge is 0.466 e. The summed E-state index contributed by atoms with van der Waals surface area (Å²) in [4.78, 5) is 12.7. The van der Waals surface area contributed by atoms with Gasteiger partial charge in [0.1, 0.15) is 5.60 Å². The minimum absolute atomic E-state index is 0.0359. The van der Waals surface area contributed by atoms with Gasteiger partial charge in [0.15, 0.2) is 0 Å². The van der Waals surface area contributed by atoms with Crippen LogP contribution in [-0.4, -0.2) is 24.8 Å². The molecule has 0 radical (unpaired) electrons. The molecule has 4 atom stereocenters. The molecule has 20 heavy (non-hydrogen) atoms. The molecular weight excluding hydrogens is 252 g/mol. The first-order chi connectivity index (χ1) is 9.22. The molecule has 3 nitrogen and oxygen atoms in total. The van der Waals surface area contributed by atoms with E-state index in [2.05, 4.69) is 27.7 Å². The van der Waals surface area contributed by atoms with Crippen LogP contribution in [0.3, 0.4) is 0 Å². The molecule has 3 aliphatic rings. The molecule has 0 bridgehead atoms. The Labute approximate surface area is 122 Å². The zero-order chi connectivity index (χ0) is 14.8. The molecule has 0 N–H and O–H groups in total. The van der Waals surface area contributed by atoms with Gasteiger partial charge < -0.3 is 9.47 Å². The van der Waals surface area contributed by atoms with Gasteiger partial charge in [0.25, 0.3) is 0 Å². The molecule has 1 saturated heterocycles. The standard InChI is InChI=1S/C17H28O3/c1-6-19-13(18)12-16(5)14(2,3)8-7-9-15(16,4)10-17(12)11-20-17/h12H,6-11H2,1-5H3/t12-,15+,16+,17?/m0/s1. The second-order valence-corrected chi connectivity index (χ2v) is 8.22. The number of carbonyl (C=O) groups excluding carboxylic acids is 1. The fraction of sp³-hybridized carbons (Fsp3) is 0.941. The monoisotopic (exact) mass is 280 g/mol. The third kappa shape index (κ3) is 1.53. The Bertz CT molecular complexity index is 438.